The smallest absolute Gasteiger partial charge is 0.390 e. The Hall–Kier alpha value is -1.76. The highest BCUT2D eigenvalue weighted by atomic mass is 19.4. The minimum absolute atomic E-state index is 0.220. The van der Waals surface area contributed by atoms with E-state index in [0.29, 0.717) is 25.6 Å². The van der Waals surface area contributed by atoms with Gasteiger partial charge in [0.1, 0.15) is 5.75 Å². The molecule has 0 bridgehead atoms. The lowest BCUT2D eigenvalue weighted by molar-refractivity contribution is -0.138. The molecule has 1 saturated heterocycles. The number of ether oxygens (including phenoxy) is 1. The van der Waals surface area contributed by atoms with Crippen LogP contribution in [0.1, 0.15) is 32.3 Å². The molecule has 26 heavy (non-hydrogen) atoms. The lowest BCUT2D eigenvalue weighted by Gasteiger charge is -2.38. The van der Waals surface area contributed by atoms with Gasteiger partial charge in [-0.2, -0.15) is 13.2 Å². The van der Waals surface area contributed by atoms with Gasteiger partial charge in [0, 0.05) is 26.2 Å². The maximum atomic E-state index is 12.1. The van der Waals surface area contributed by atoms with Gasteiger partial charge in [0.25, 0.3) is 0 Å². The van der Waals surface area contributed by atoms with Crippen molar-refractivity contribution in [3.63, 3.8) is 0 Å². The Kier molecular flexibility index (Phi) is 7.32. The number of amides is 1. The van der Waals surface area contributed by atoms with Crippen LogP contribution < -0.4 is 10.1 Å². The number of hydrogen-bond donors (Lipinski definition) is 1. The van der Waals surface area contributed by atoms with Crippen molar-refractivity contribution in [1.29, 1.82) is 0 Å². The highest BCUT2D eigenvalue weighted by Crippen LogP contribution is 2.21. The van der Waals surface area contributed by atoms with Crippen molar-refractivity contribution in [3.05, 3.63) is 29.8 Å². The van der Waals surface area contributed by atoms with Crippen LogP contribution in [-0.2, 0) is 11.3 Å². The molecule has 0 unspecified atom stereocenters. The van der Waals surface area contributed by atoms with E-state index in [0.717, 1.165) is 24.3 Å². The van der Waals surface area contributed by atoms with Gasteiger partial charge >= 0.3 is 6.18 Å². The highest BCUT2D eigenvalue weighted by Gasteiger charge is 2.33. The van der Waals surface area contributed by atoms with Gasteiger partial charge in [-0.25, -0.2) is 0 Å². The zero-order valence-electron chi connectivity index (χ0n) is 15.3. The monoisotopic (exact) mass is 372 g/mol. The molecule has 1 fully saturated rings. The van der Waals surface area contributed by atoms with E-state index in [1.54, 1.807) is 0 Å². The number of halogens is 3. The van der Waals surface area contributed by atoms with Crippen molar-refractivity contribution >= 4 is 5.91 Å². The normalized spacial score (nSPS) is 15.8. The first-order valence-electron chi connectivity index (χ1n) is 9.01. The molecular weight excluding hydrogens is 345 g/mol. The second kappa shape index (κ2) is 9.26. The topological polar surface area (TPSA) is 41.6 Å². The van der Waals surface area contributed by atoms with Crippen molar-refractivity contribution in [2.45, 2.75) is 39.4 Å². The average Bonchev–Trinajstić information content (AvgIpc) is 2.50. The van der Waals surface area contributed by atoms with E-state index in [9.17, 15) is 18.0 Å². The van der Waals surface area contributed by atoms with E-state index < -0.39 is 12.6 Å². The summed E-state index contributed by atoms with van der Waals surface area (Å²) in [6.07, 6.45) is -4.20. The van der Waals surface area contributed by atoms with Gasteiger partial charge in [0.05, 0.1) is 18.9 Å². The number of nitrogens with zero attached hydrogens (tertiary/aromatic N) is 1. The maximum absolute atomic E-state index is 12.1. The van der Waals surface area contributed by atoms with E-state index in [4.69, 9.17) is 4.74 Å². The summed E-state index contributed by atoms with van der Waals surface area (Å²) in [6.45, 7) is 6.53. The lowest BCUT2D eigenvalue weighted by Crippen LogP contribution is -2.53. The first kappa shape index (κ1) is 20.6. The summed E-state index contributed by atoms with van der Waals surface area (Å²) >= 11 is 0. The third-order valence-electron chi connectivity index (χ3n) is 4.33. The molecule has 1 aliphatic rings. The molecule has 1 aromatic carbocycles. The van der Waals surface area contributed by atoms with Crippen LogP contribution in [0.5, 0.6) is 5.75 Å². The van der Waals surface area contributed by atoms with Crippen molar-refractivity contribution in [1.82, 2.24) is 10.2 Å². The molecule has 0 aromatic heterocycles. The third kappa shape index (κ3) is 7.23. The van der Waals surface area contributed by atoms with Crippen LogP contribution in [-0.4, -0.2) is 43.2 Å². The molecule has 1 aliphatic heterocycles. The second-order valence-electron chi connectivity index (χ2n) is 7.22. The van der Waals surface area contributed by atoms with Crippen LogP contribution in [0, 0.1) is 11.8 Å². The average molecular weight is 372 g/mol. The largest absolute Gasteiger partial charge is 0.494 e. The summed E-state index contributed by atoms with van der Waals surface area (Å²) in [5.41, 5.74) is 1.12. The molecule has 0 saturated carbocycles. The number of rotatable bonds is 9. The van der Waals surface area contributed by atoms with E-state index in [1.165, 1.54) is 0 Å². The van der Waals surface area contributed by atoms with Gasteiger partial charge < -0.3 is 10.1 Å². The zero-order valence-corrected chi connectivity index (χ0v) is 15.3. The van der Waals surface area contributed by atoms with Gasteiger partial charge in [-0.3, -0.25) is 9.69 Å². The fourth-order valence-corrected chi connectivity index (χ4v) is 2.70. The third-order valence-corrected chi connectivity index (χ3v) is 4.33. The van der Waals surface area contributed by atoms with E-state index in [2.05, 4.69) is 24.1 Å². The fraction of sp³-hybridized carbons (Fsp3) is 0.632. The molecule has 1 heterocycles. The molecule has 1 amide bonds. The van der Waals surface area contributed by atoms with E-state index in [-0.39, 0.29) is 18.4 Å². The Balaban J connectivity index is 1.64. The molecule has 146 valence electrons. The highest BCUT2D eigenvalue weighted by molar-refractivity contribution is 5.79. The molecule has 4 nitrogen and oxygen atoms in total. The van der Waals surface area contributed by atoms with Gasteiger partial charge in [-0.15, -0.1) is 0 Å². The van der Waals surface area contributed by atoms with E-state index in [1.807, 2.05) is 24.3 Å². The standard InChI is InChI=1S/C19H27F3N2O2/c1-14(2)7-10-26-17-5-3-15(4-6-17)11-24-12-16(13-24)18(25)23-9-8-19(20,21)22/h3-6,14,16H,7-13H2,1-2H3,(H,23,25). The molecule has 1 N–H and O–H groups in total. The van der Waals surface area contributed by atoms with Gasteiger partial charge in [0.2, 0.25) is 5.91 Å². The lowest BCUT2D eigenvalue weighted by atomic mass is 9.98. The number of likely N-dealkylation sites (tertiary alicyclic amines) is 1. The summed E-state index contributed by atoms with van der Waals surface area (Å²) in [7, 11) is 0. The van der Waals surface area contributed by atoms with Gasteiger partial charge in [-0.05, 0) is 30.0 Å². The summed E-state index contributed by atoms with van der Waals surface area (Å²) < 4.78 is 41.9. The van der Waals surface area contributed by atoms with Crippen molar-refractivity contribution in [2.24, 2.45) is 11.8 Å². The predicted molar refractivity (Wildman–Crippen MR) is 93.8 cm³/mol. The minimum Gasteiger partial charge on any atom is -0.494 e. The first-order chi connectivity index (χ1) is 12.2. The van der Waals surface area contributed by atoms with Crippen molar-refractivity contribution in [3.8, 4) is 5.75 Å². The number of carbonyl (C=O) groups is 1. The quantitative estimate of drug-likeness (QED) is 0.720. The van der Waals surface area contributed by atoms with Gasteiger partial charge in [-0.1, -0.05) is 26.0 Å². The Bertz CT molecular complexity index is 567. The number of benzene rings is 1. The van der Waals surface area contributed by atoms with Crippen LogP contribution in [0.2, 0.25) is 0 Å². The summed E-state index contributed by atoms with van der Waals surface area (Å²) in [4.78, 5) is 13.9. The van der Waals surface area contributed by atoms with Crippen LogP contribution in [0.25, 0.3) is 0 Å². The molecule has 0 spiro atoms. The van der Waals surface area contributed by atoms with Crippen LogP contribution >= 0.6 is 0 Å². The SMILES string of the molecule is CC(C)CCOc1ccc(CN2CC(C(=O)NCCC(F)(F)F)C2)cc1. The molecule has 0 aliphatic carbocycles. The fourth-order valence-electron chi connectivity index (χ4n) is 2.70. The minimum atomic E-state index is -4.23. The number of hydrogen-bond acceptors (Lipinski definition) is 3. The van der Waals surface area contributed by atoms with Crippen LogP contribution in [0.15, 0.2) is 24.3 Å². The summed E-state index contributed by atoms with van der Waals surface area (Å²) in [6, 6.07) is 7.89. The Labute approximate surface area is 152 Å². The number of carbonyl (C=O) groups excluding carboxylic acids is 1. The molecule has 7 heteroatoms. The number of nitrogens with one attached hydrogen (secondary N) is 1. The summed E-state index contributed by atoms with van der Waals surface area (Å²) in [5.74, 6) is 0.945. The second-order valence-corrected chi connectivity index (χ2v) is 7.22. The number of alkyl halides is 3. The first-order valence-corrected chi connectivity index (χ1v) is 9.01. The molecule has 2 rings (SSSR count). The van der Waals surface area contributed by atoms with Crippen LogP contribution in [0.4, 0.5) is 13.2 Å². The molecule has 0 atom stereocenters. The molecule has 0 radical (unpaired) electrons. The van der Waals surface area contributed by atoms with Gasteiger partial charge in [0.15, 0.2) is 0 Å². The molecule has 1 aromatic rings. The van der Waals surface area contributed by atoms with Crippen molar-refractivity contribution in [2.75, 3.05) is 26.2 Å². The van der Waals surface area contributed by atoms with E-state index >= 15 is 0 Å². The maximum Gasteiger partial charge on any atom is 0.390 e. The summed E-state index contributed by atoms with van der Waals surface area (Å²) in [5, 5.41) is 2.36. The Morgan fingerprint density at radius 1 is 1.27 bits per heavy atom. The van der Waals surface area contributed by atoms with Crippen LogP contribution in [0.3, 0.4) is 0 Å². The molecular formula is C19H27F3N2O2. The predicted octanol–water partition coefficient (Wildman–Crippen LogP) is 3.61. The Morgan fingerprint density at radius 3 is 2.50 bits per heavy atom. The zero-order chi connectivity index (χ0) is 19.2. The Morgan fingerprint density at radius 2 is 1.92 bits per heavy atom. The van der Waals surface area contributed by atoms with Crippen molar-refractivity contribution < 1.29 is 22.7 Å².